The maximum Gasteiger partial charge on any atom is 0.226 e. The molecule has 0 atom stereocenters. The van der Waals surface area contributed by atoms with Crippen LogP contribution in [0.1, 0.15) is 23.1 Å². The largest absolute Gasteiger partial charge is 0.384 e. The number of halogens is 1. The first-order chi connectivity index (χ1) is 10.5. The zero-order valence-electron chi connectivity index (χ0n) is 13.2. The predicted octanol–water partition coefficient (Wildman–Crippen LogP) is 4.82. The summed E-state index contributed by atoms with van der Waals surface area (Å²) < 4.78 is 1.02. The molecule has 0 aromatic heterocycles. The lowest BCUT2D eigenvalue weighted by molar-refractivity contribution is -0.115. The van der Waals surface area contributed by atoms with Crippen LogP contribution in [0.25, 0.3) is 0 Å². The minimum Gasteiger partial charge on any atom is -0.384 e. The molecule has 116 valence electrons. The fraction of sp³-hybridized carbons (Fsp3) is 0.278. The molecular formula is C18H21BrN2O. The van der Waals surface area contributed by atoms with Gasteiger partial charge in [-0.3, -0.25) is 4.79 Å². The van der Waals surface area contributed by atoms with E-state index in [2.05, 4.69) is 32.6 Å². The molecule has 3 nitrogen and oxygen atoms in total. The highest BCUT2D eigenvalue weighted by Gasteiger charge is 2.06. The van der Waals surface area contributed by atoms with Crippen LogP contribution in [0.3, 0.4) is 0 Å². The molecule has 2 aromatic rings. The van der Waals surface area contributed by atoms with Crippen molar-refractivity contribution in [3.8, 4) is 0 Å². The summed E-state index contributed by atoms with van der Waals surface area (Å²) >= 11 is 3.52. The number of rotatable bonds is 5. The van der Waals surface area contributed by atoms with E-state index >= 15 is 0 Å². The fourth-order valence-electron chi connectivity index (χ4n) is 2.16. The number of benzene rings is 2. The van der Waals surface area contributed by atoms with Gasteiger partial charge in [0.2, 0.25) is 5.91 Å². The van der Waals surface area contributed by atoms with Crippen molar-refractivity contribution in [3.05, 3.63) is 57.6 Å². The molecular weight excluding hydrogens is 340 g/mol. The Labute approximate surface area is 140 Å². The van der Waals surface area contributed by atoms with Gasteiger partial charge < -0.3 is 10.6 Å². The van der Waals surface area contributed by atoms with Crippen LogP contribution in [0.2, 0.25) is 0 Å². The Morgan fingerprint density at radius 2 is 1.68 bits per heavy atom. The first-order valence-electron chi connectivity index (χ1n) is 7.33. The molecule has 0 spiro atoms. The standard InChI is InChI=1S/C18H21BrN2O/c1-12-5-7-16(15(19)10-12)20-9-8-18(22)21-17-11-13(2)4-6-14(17)3/h4-7,10-11,20H,8-9H2,1-3H3,(H,21,22). The minimum atomic E-state index is 0.0180. The zero-order valence-corrected chi connectivity index (χ0v) is 14.8. The van der Waals surface area contributed by atoms with Crippen LogP contribution in [0.4, 0.5) is 11.4 Å². The molecule has 0 aliphatic carbocycles. The number of carbonyl (C=O) groups is 1. The van der Waals surface area contributed by atoms with Crippen LogP contribution in [0.15, 0.2) is 40.9 Å². The van der Waals surface area contributed by atoms with Crippen LogP contribution >= 0.6 is 15.9 Å². The SMILES string of the molecule is Cc1ccc(NCCC(=O)Nc2cc(C)ccc2C)c(Br)c1. The highest BCUT2D eigenvalue weighted by atomic mass is 79.9. The third-order valence-electron chi connectivity index (χ3n) is 3.46. The van der Waals surface area contributed by atoms with Crippen molar-refractivity contribution in [3.63, 3.8) is 0 Å². The predicted molar refractivity (Wildman–Crippen MR) is 96.5 cm³/mol. The lowest BCUT2D eigenvalue weighted by atomic mass is 10.1. The Bertz CT molecular complexity index is 683. The van der Waals surface area contributed by atoms with Crippen molar-refractivity contribution in [1.82, 2.24) is 0 Å². The smallest absolute Gasteiger partial charge is 0.226 e. The van der Waals surface area contributed by atoms with Crippen LogP contribution in [0, 0.1) is 20.8 Å². The van der Waals surface area contributed by atoms with Gasteiger partial charge in [-0.2, -0.15) is 0 Å². The number of carbonyl (C=O) groups excluding carboxylic acids is 1. The highest BCUT2D eigenvalue weighted by Crippen LogP contribution is 2.23. The van der Waals surface area contributed by atoms with Crippen molar-refractivity contribution in [2.45, 2.75) is 27.2 Å². The van der Waals surface area contributed by atoms with Crippen molar-refractivity contribution in [2.75, 3.05) is 17.2 Å². The number of amides is 1. The molecule has 0 aliphatic rings. The lowest BCUT2D eigenvalue weighted by Gasteiger charge is -2.11. The monoisotopic (exact) mass is 360 g/mol. The minimum absolute atomic E-state index is 0.0180. The first kappa shape index (κ1) is 16.6. The second-order valence-corrected chi connectivity index (χ2v) is 6.38. The average Bonchev–Trinajstić information content (AvgIpc) is 2.45. The van der Waals surface area contributed by atoms with Gasteiger partial charge in [0, 0.05) is 28.8 Å². The van der Waals surface area contributed by atoms with Crippen molar-refractivity contribution in [1.29, 1.82) is 0 Å². The topological polar surface area (TPSA) is 41.1 Å². The highest BCUT2D eigenvalue weighted by molar-refractivity contribution is 9.10. The van der Waals surface area contributed by atoms with E-state index in [0.29, 0.717) is 13.0 Å². The van der Waals surface area contributed by atoms with Crippen LogP contribution in [-0.4, -0.2) is 12.5 Å². The summed E-state index contributed by atoms with van der Waals surface area (Å²) in [7, 11) is 0. The van der Waals surface area contributed by atoms with E-state index in [9.17, 15) is 4.79 Å². The van der Waals surface area contributed by atoms with Gasteiger partial charge >= 0.3 is 0 Å². The second-order valence-electron chi connectivity index (χ2n) is 5.53. The molecule has 0 fully saturated rings. The third kappa shape index (κ3) is 4.60. The van der Waals surface area contributed by atoms with E-state index in [1.807, 2.05) is 51.1 Å². The summed E-state index contributed by atoms with van der Waals surface area (Å²) in [5.41, 5.74) is 5.31. The Morgan fingerprint density at radius 3 is 2.41 bits per heavy atom. The Morgan fingerprint density at radius 1 is 1.00 bits per heavy atom. The molecule has 0 saturated heterocycles. The second kappa shape index (κ2) is 7.45. The normalized spacial score (nSPS) is 10.4. The maximum atomic E-state index is 12.0. The molecule has 2 rings (SSSR count). The Kier molecular flexibility index (Phi) is 5.61. The molecule has 0 unspecified atom stereocenters. The van der Waals surface area contributed by atoms with E-state index < -0.39 is 0 Å². The average molecular weight is 361 g/mol. The van der Waals surface area contributed by atoms with Gasteiger partial charge in [0.1, 0.15) is 0 Å². The lowest BCUT2D eigenvalue weighted by Crippen LogP contribution is -2.17. The van der Waals surface area contributed by atoms with E-state index in [-0.39, 0.29) is 5.91 Å². The van der Waals surface area contributed by atoms with E-state index in [1.54, 1.807) is 0 Å². The fourth-order valence-corrected chi connectivity index (χ4v) is 2.79. The Balaban J connectivity index is 1.86. The number of anilines is 2. The molecule has 0 saturated carbocycles. The molecule has 2 aromatic carbocycles. The molecule has 0 aliphatic heterocycles. The van der Waals surface area contributed by atoms with E-state index in [0.717, 1.165) is 27.0 Å². The molecule has 0 radical (unpaired) electrons. The van der Waals surface area contributed by atoms with Crippen molar-refractivity contribution < 1.29 is 4.79 Å². The van der Waals surface area contributed by atoms with Crippen LogP contribution in [-0.2, 0) is 4.79 Å². The molecule has 0 heterocycles. The summed E-state index contributed by atoms with van der Waals surface area (Å²) in [5.74, 6) is 0.0180. The van der Waals surface area contributed by atoms with Gasteiger partial charge in [0.05, 0.1) is 0 Å². The number of hydrogen-bond donors (Lipinski definition) is 2. The van der Waals surface area contributed by atoms with Gasteiger partial charge in [-0.25, -0.2) is 0 Å². The van der Waals surface area contributed by atoms with Crippen LogP contribution in [0.5, 0.6) is 0 Å². The summed E-state index contributed by atoms with van der Waals surface area (Å²) in [6.07, 6.45) is 0.424. The van der Waals surface area contributed by atoms with Crippen molar-refractivity contribution >= 4 is 33.2 Å². The Hall–Kier alpha value is -1.81. The quantitative estimate of drug-likeness (QED) is 0.802. The molecule has 2 N–H and O–H groups in total. The van der Waals surface area contributed by atoms with Gasteiger partial charge in [-0.15, -0.1) is 0 Å². The molecule has 22 heavy (non-hydrogen) atoms. The van der Waals surface area contributed by atoms with Gasteiger partial charge in [0.25, 0.3) is 0 Å². The summed E-state index contributed by atoms with van der Waals surface area (Å²) in [4.78, 5) is 12.0. The summed E-state index contributed by atoms with van der Waals surface area (Å²) in [6, 6.07) is 12.2. The summed E-state index contributed by atoms with van der Waals surface area (Å²) in [5, 5.41) is 6.25. The molecule has 0 bridgehead atoms. The number of nitrogens with one attached hydrogen (secondary N) is 2. The van der Waals surface area contributed by atoms with E-state index in [1.165, 1.54) is 5.56 Å². The van der Waals surface area contributed by atoms with Crippen molar-refractivity contribution in [2.24, 2.45) is 0 Å². The first-order valence-corrected chi connectivity index (χ1v) is 8.12. The van der Waals surface area contributed by atoms with Gasteiger partial charge in [-0.1, -0.05) is 18.2 Å². The van der Waals surface area contributed by atoms with Gasteiger partial charge in [0.15, 0.2) is 0 Å². The molecule has 1 amide bonds. The maximum absolute atomic E-state index is 12.0. The van der Waals surface area contributed by atoms with Gasteiger partial charge in [-0.05, 0) is 71.6 Å². The third-order valence-corrected chi connectivity index (χ3v) is 4.12. The number of aryl methyl sites for hydroxylation is 3. The summed E-state index contributed by atoms with van der Waals surface area (Å²) in [6.45, 7) is 6.66. The van der Waals surface area contributed by atoms with Crippen LogP contribution < -0.4 is 10.6 Å². The zero-order chi connectivity index (χ0) is 16.1. The van der Waals surface area contributed by atoms with E-state index in [4.69, 9.17) is 0 Å². The number of hydrogen-bond acceptors (Lipinski definition) is 2. The molecule has 4 heteroatoms.